The van der Waals surface area contributed by atoms with E-state index in [2.05, 4.69) is 23.7 Å². The topological polar surface area (TPSA) is 45.6 Å². The fourth-order valence-electron chi connectivity index (χ4n) is 2.28. The average Bonchev–Trinajstić information content (AvgIpc) is 3.04. The van der Waals surface area contributed by atoms with Crippen molar-refractivity contribution in [2.24, 2.45) is 0 Å². The maximum absolute atomic E-state index is 9.33. The van der Waals surface area contributed by atoms with Crippen molar-refractivity contribution in [3.8, 4) is 0 Å². The highest BCUT2D eigenvalue weighted by Gasteiger charge is 2.21. The first-order valence-corrected chi connectivity index (χ1v) is 7.56. The van der Waals surface area contributed by atoms with Gasteiger partial charge in [0.15, 0.2) is 5.13 Å². The average molecular weight is 270 g/mol. The maximum Gasteiger partial charge on any atom is 0.185 e. The van der Waals surface area contributed by atoms with Crippen LogP contribution in [0.2, 0.25) is 0 Å². The van der Waals surface area contributed by atoms with Crippen LogP contribution in [0.25, 0.3) is 0 Å². The van der Waals surface area contributed by atoms with Crippen LogP contribution in [-0.2, 0) is 17.8 Å². The Bertz CT molecular complexity index is 354. The van der Waals surface area contributed by atoms with E-state index >= 15 is 0 Å². The minimum atomic E-state index is 0.0956. The summed E-state index contributed by atoms with van der Waals surface area (Å²) in [6, 6.07) is 0. The quantitative estimate of drug-likeness (QED) is 0.861. The number of aromatic nitrogens is 1. The van der Waals surface area contributed by atoms with Crippen LogP contribution in [0.1, 0.15) is 37.3 Å². The third-order valence-corrected chi connectivity index (χ3v) is 4.49. The van der Waals surface area contributed by atoms with E-state index in [1.54, 1.807) is 11.3 Å². The largest absolute Gasteiger partial charge is 0.391 e. The van der Waals surface area contributed by atoms with Crippen molar-refractivity contribution in [2.45, 2.75) is 45.8 Å². The summed E-state index contributed by atoms with van der Waals surface area (Å²) in [5.41, 5.74) is 1.03. The molecule has 0 aromatic carbocycles. The summed E-state index contributed by atoms with van der Waals surface area (Å²) in [7, 11) is 0. The molecular weight excluding hydrogens is 248 g/mol. The zero-order chi connectivity index (χ0) is 13.0. The summed E-state index contributed by atoms with van der Waals surface area (Å²) in [5.74, 6) is 0. The van der Waals surface area contributed by atoms with Gasteiger partial charge < -0.3 is 14.7 Å². The molecule has 0 radical (unpaired) electrons. The van der Waals surface area contributed by atoms with Crippen molar-refractivity contribution in [1.29, 1.82) is 0 Å². The van der Waals surface area contributed by atoms with Crippen LogP contribution in [-0.4, -0.2) is 35.9 Å². The summed E-state index contributed by atoms with van der Waals surface area (Å²) >= 11 is 1.61. The molecule has 1 aromatic heterocycles. The molecular formula is C13H22N2O2S. The molecule has 1 N–H and O–H groups in total. The van der Waals surface area contributed by atoms with Crippen LogP contribution in [0.4, 0.5) is 5.13 Å². The number of aryl methyl sites for hydroxylation is 1. The van der Waals surface area contributed by atoms with E-state index in [4.69, 9.17) is 4.74 Å². The van der Waals surface area contributed by atoms with Gasteiger partial charge in [-0.1, -0.05) is 18.3 Å². The Hall–Kier alpha value is -0.650. The monoisotopic (exact) mass is 270 g/mol. The second-order valence-electron chi connectivity index (χ2n) is 4.55. The number of rotatable bonds is 6. The van der Waals surface area contributed by atoms with Crippen molar-refractivity contribution >= 4 is 16.5 Å². The lowest BCUT2D eigenvalue weighted by molar-refractivity contribution is 0.115. The van der Waals surface area contributed by atoms with Crippen LogP contribution in [0.15, 0.2) is 0 Å². The molecule has 18 heavy (non-hydrogen) atoms. The molecule has 0 bridgehead atoms. The summed E-state index contributed by atoms with van der Waals surface area (Å²) in [4.78, 5) is 7.90. The number of hydrogen-bond donors (Lipinski definition) is 1. The fourth-order valence-corrected chi connectivity index (χ4v) is 3.36. The Morgan fingerprint density at radius 3 is 2.83 bits per heavy atom. The molecule has 1 fully saturated rings. The van der Waals surface area contributed by atoms with Crippen molar-refractivity contribution in [3.05, 3.63) is 10.6 Å². The molecule has 0 spiro atoms. The Balaban J connectivity index is 2.08. The Labute approximate surface area is 113 Å². The van der Waals surface area contributed by atoms with E-state index in [1.807, 2.05) is 0 Å². The van der Waals surface area contributed by atoms with Gasteiger partial charge in [-0.3, -0.25) is 0 Å². The van der Waals surface area contributed by atoms with Crippen molar-refractivity contribution in [1.82, 2.24) is 4.98 Å². The van der Waals surface area contributed by atoms with Crippen molar-refractivity contribution in [3.63, 3.8) is 0 Å². The molecule has 0 amide bonds. The number of hydrogen-bond acceptors (Lipinski definition) is 5. The highest BCUT2D eigenvalue weighted by atomic mass is 32.1. The molecule has 0 saturated carbocycles. The highest BCUT2D eigenvalue weighted by Crippen LogP contribution is 2.28. The molecule has 1 atom stereocenters. The van der Waals surface area contributed by atoms with E-state index in [-0.39, 0.29) is 6.61 Å². The van der Waals surface area contributed by atoms with Crippen LogP contribution in [0.3, 0.4) is 0 Å². The second-order valence-corrected chi connectivity index (χ2v) is 5.61. The van der Waals surface area contributed by atoms with Crippen molar-refractivity contribution in [2.75, 3.05) is 24.6 Å². The minimum Gasteiger partial charge on any atom is -0.391 e. The SMILES string of the molecule is CCc1nc(N(CC)CC2CCCO2)sc1CO. The van der Waals surface area contributed by atoms with Crippen LogP contribution in [0, 0.1) is 0 Å². The van der Waals surface area contributed by atoms with Crippen LogP contribution >= 0.6 is 11.3 Å². The third-order valence-electron chi connectivity index (χ3n) is 3.35. The smallest absolute Gasteiger partial charge is 0.185 e. The number of aliphatic hydroxyl groups excluding tert-OH is 1. The molecule has 102 valence electrons. The van der Waals surface area contributed by atoms with E-state index < -0.39 is 0 Å². The molecule has 1 aromatic rings. The number of ether oxygens (including phenoxy) is 1. The van der Waals surface area contributed by atoms with E-state index in [9.17, 15) is 5.11 Å². The first kappa shape index (κ1) is 13.8. The first-order valence-electron chi connectivity index (χ1n) is 6.74. The van der Waals surface area contributed by atoms with Gasteiger partial charge in [-0.05, 0) is 26.2 Å². The zero-order valence-corrected chi connectivity index (χ0v) is 12.0. The lowest BCUT2D eigenvalue weighted by Crippen LogP contribution is -2.31. The van der Waals surface area contributed by atoms with E-state index in [0.717, 1.165) is 48.2 Å². The fraction of sp³-hybridized carbons (Fsp3) is 0.769. The number of nitrogens with zero attached hydrogens (tertiary/aromatic N) is 2. The molecule has 0 aliphatic carbocycles. The van der Waals surface area contributed by atoms with Gasteiger partial charge in [0.2, 0.25) is 0 Å². The number of thiazole rings is 1. The number of anilines is 1. The molecule has 1 unspecified atom stereocenters. The molecule has 5 heteroatoms. The van der Waals surface area contributed by atoms with Gasteiger partial charge in [-0.2, -0.15) is 0 Å². The van der Waals surface area contributed by atoms with E-state index in [0.29, 0.717) is 6.10 Å². The third kappa shape index (κ3) is 3.02. The standard InChI is InChI=1S/C13H22N2O2S/c1-3-11-12(9-16)18-13(14-11)15(4-2)8-10-6-5-7-17-10/h10,16H,3-9H2,1-2H3. The van der Waals surface area contributed by atoms with Gasteiger partial charge in [0, 0.05) is 19.7 Å². The number of likely N-dealkylation sites (N-methyl/N-ethyl adjacent to an activating group) is 1. The normalized spacial score (nSPS) is 19.4. The first-order chi connectivity index (χ1) is 8.78. The van der Waals surface area contributed by atoms with Crippen LogP contribution < -0.4 is 4.90 Å². The van der Waals surface area contributed by atoms with Gasteiger partial charge in [-0.25, -0.2) is 4.98 Å². The predicted molar refractivity (Wildman–Crippen MR) is 74.3 cm³/mol. The van der Waals surface area contributed by atoms with Gasteiger partial charge in [0.05, 0.1) is 23.3 Å². The molecule has 4 nitrogen and oxygen atoms in total. The lowest BCUT2D eigenvalue weighted by Gasteiger charge is -2.23. The summed E-state index contributed by atoms with van der Waals surface area (Å²) in [6.07, 6.45) is 3.54. The van der Waals surface area contributed by atoms with E-state index in [1.165, 1.54) is 6.42 Å². The molecule has 1 aliphatic heterocycles. The molecule has 2 rings (SSSR count). The maximum atomic E-state index is 9.33. The van der Waals surface area contributed by atoms with Crippen LogP contribution in [0.5, 0.6) is 0 Å². The molecule has 1 aliphatic rings. The second kappa shape index (κ2) is 6.50. The Morgan fingerprint density at radius 1 is 1.50 bits per heavy atom. The Kier molecular flexibility index (Phi) is 4.97. The number of aliphatic hydroxyl groups is 1. The van der Waals surface area contributed by atoms with Gasteiger partial charge >= 0.3 is 0 Å². The summed E-state index contributed by atoms with van der Waals surface area (Å²) in [6.45, 7) is 7.05. The summed E-state index contributed by atoms with van der Waals surface area (Å²) in [5, 5.41) is 10.4. The van der Waals surface area contributed by atoms with Crippen molar-refractivity contribution < 1.29 is 9.84 Å². The minimum absolute atomic E-state index is 0.0956. The van der Waals surface area contributed by atoms with Gasteiger partial charge in [-0.15, -0.1) is 0 Å². The highest BCUT2D eigenvalue weighted by molar-refractivity contribution is 7.15. The molecule has 1 saturated heterocycles. The summed E-state index contributed by atoms with van der Waals surface area (Å²) < 4.78 is 5.68. The lowest BCUT2D eigenvalue weighted by atomic mass is 10.2. The van der Waals surface area contributed by atoms with Gasteiger partial charge in [0.25, 0.3) is 0 Å². The molecule has 2 heterocycles. The predicted octanol–water partition coefficient (Wildman–Crippen LogP) is 2.20. The van der Waals surface area contributed by atoms with Gasteiger partial charge in [0.1, 0.15) is 0 Å². The Morgan fingerprint density at radius 2 is 2.33 bits per heavy atom. The zero-order valence-electron chi connectivity index (χ0n) is 11.2.